The summed E-state index contributed by atoms with van der Waals surface area (Å²) in [4.78, 5) is 15.6. The van der Waals surface area contributed by atoms with Crippen LogP contribution < -0.4 is 16.4 Å². The van der Waals surface area contributed by atoms with E-state index in [4.69, 9.17) is 5.73 Å². The highest BCUT2D eigenvalue weighted by molar-refractivity contribution is 5.92. The van der Waals surface area contributed by atoms with Gasteiger partial charge in [0.1, 0.15) is 5.69 Å². The van der Waals surface area contributed by atoms with Gasteiger partial charge in [-0.1, -0.05) is 18.2 Å². The van der Waals surface area contributed by atoms with E-state index in [1.807, 2.05) is 37.3 Å². The van der Waals surface area contributed by atoms with Gasteiger partial charge in [-0.25, -0.2) is 0 Å². The molecular weight excluding hydrogens is 252 g/mol. The Morgan fingerprint density at radius 3 is 2.75 bits per heavy atom. The molecule has 1 amide bonds. The Kier molecular flexibility index (Phi) is 4.20. The molecule has 0 aliphatic rings. The third-order valence-corrected chi connectivity index (χ3v) is 3.07. The lowest BCUT2D eigenvalue weighted by Gasteiger charge is -2.17. The van der Waals surface area contributed by atoms with Crippen LogP contribution in [0.4, 0.5) is 11.4 Å². The van der Waals surface area contributed by atoms with Crippen molar-refractivity contribution in [3.8, 4) is 0 Å². The summed E-state index contributed by atoms with van der Waals surface area (Å²) in [5.41, 5.74) is 8.93. The molecule has 0 aliphatic heterocycles. The van der Waals surface area contributed by atoms with Gasteiger partial charge in [0.25, 0.3) is 5.91 Å². The molecule has 4 N–H and O–H groups in total. The van der Waals surface area contributed by atoms with Crippen LogP contribution in [0.3, 0.4) is 0 Å². The van der Waals surface area contributed by atoms with Gasteiger partial charge in [-0.2, -0.15) is 0 Å². The largest absolute Gasteiger partial charge is 0.398 e. The van der Waals surface area contributed by atoms with E-state index in [2.05, 4.69) is 15.6 Å². The number of nitrogens with zero attached hydrogens (tertiary/aromatic N) is 1. The fourth-order valence-electron chi connectivity index (χ4n) is 2.01. The smallest absolute Gasteiger partial charge is 0.269 e. The molecule has 0 aliphatic carbocycles. The number of nitrogens with one attached hydrogen (secondary N) is 2. The first-order valence-corrected chi connectivity index (χ1v) is 6.41. The number of nitrogens with two attached hydrogens (primary N) is 1. The summed E-state index contributed by atoms with van der Waals surface area (Å²) in [6.07, 6.45) is 1.61. The maximum atomic E-state index is 11.6. The molecule has 0 saturated heterocycles. The maximum absolute atomic E-state index is 11.6. The predicted molar refractivity (Wildman–Crippen MR) is 80.5 cm³/mol. The first-order valence-electron chi connectivity index (χ1n) is 6.41. The lowest BCUT2D eigenvalue weighted by Crippen LogP contribution is -2.19. The Bertz CT molecular complexity index is 612. The van der Waals surface area contributed by atoms with E-state index < -0.39 is 0 Å². The summed E-state index contributed by atoms with van der Waals surface area (Å²) < 4.78 is 0. The molecule has 1 atom stereocenters. The second-order valence-corrected chi connectivity index (χ2v) is 4.50. The minimum Gasteiger partial charge on any atom is -0.398 e. The number of carbonyl (C=O) groups excluding carboxylic acids is 1. The van der Waals surface area contributed by atoms with Crippen molar-refractivity contribution in [3.63, 3.8) is 0 Å². The van der Waals surface area contributed by atoms with Crippen LogP contribution in [0.15, 0.2) is 42.6 Å². The molecule has 2 rings (SSSR count). The van der Waals surface area contributed by atoms with Gasteiger partial charge in [-0.3, -0.25) is 9.78 Å². The van der Waals surface area contributed by atoms with Crippen molar-refractivity contribution in [2.75, 3.05) is 18.1 Å². The Labute approximate surface area is 118 Å². The Morgan fingerprint density at radius 1 is 1.30 bits per heavy atom. The van der Waals surface area contributed by atoms with Crippen molar-refractivity contribution >= 4 is 17.3 Å². The highest BCUT2D eigenvalue weighted by Crippen LogP contribution is 2.23. The average molecular weight is 270 g/mol. The summed E-state index contributed by atoms with van der Waals surface area (Å²) >= 11 is 0. The number of carbonyl (C=O) groups is 1. The number of hydrogen-bond acceptors (Lipinski definition) is 4. The number of benzene rings is 1. The number of nitrogen functional groups attached to an aromatic ring is 1. The van der Waals surface area contributed by atoms with Crippen LogP contribution in [0.2, 0.25) is 0 Å². The van der Waals surface area contributed by atoms with Crippen molar-refractivity contribution in [1.82, 2.24) is 10.3 Å². The summed E-state index contributed by atoms with van der Waals surface area (Å²) in [5.74, 6) is -0.208. The number of rotatable bonds is 4. The van der Waals surface area contributed by atoms with Gasteiger partial charge in [0, 0.05) is 24.6 Å². The topological polar surface area (TPSA) is 80.0 Å². The van der Waals surface area contributed by atoms with Gasteiger partial charge in [0.15, 0.2) is 0 Å². The van der Waals surface area contributed by atoms with E-state index in [1.165, 1.54) is 0 Å². The van der Waals surface area contributed by atoms with Gasteiger partial charge in [0.2, 0.25) is 0 Å². The van der Waals surface area contributed by atoms with Crippen LogP contribution in [0.5, 0.6) is 0 Å². The standard InChI is InChI=1S/C15H18N4O/c1-10(12-5-3-4-6-13(12)16)19-11-7-8-18-14(9-11)15(20)17-2/h3-10H,16H2,1-2H3,(H,17,20)(H,18,19). The second-order valence-electron chi connectivity index (χ2n) is 4.50. The van der Waals surface area contributed by atoms with Crippen LogP contribution in [0.1, 0.15) is 29.0 Å². The first-order chi connectivity index (χ1) is 9.61. The molecule has 5 heteroatoms. The molecule has 0 saturated carbocycles. The zero-order valence-corrected chi connectivity index (χ0v) is 11.6. The number of hydrogen-bond donors (Lipinski definition) is 3. The van der Waals surface area contributed by atoms with Crippen LogP contribution in [-0.4, -0.2) is 17.9 Å². The van der Waals surface area contributed by atoms with E-state index in [9.17, 15) is 4.79 Å². The molecule has 5 nitrogen and oxygen atoms in total. The summed E-state index contributed by atoms with van der Waals surface area (Å²) in [6.45, 7) is 2.02. The molecule has 1 aromatic heterocycles. The monoisotopic (exact) mass is 270 g/mol. The molecule has 0 bridgehead atoms. The van der Waals surface area contributed by atoms with Crippen LogP contribution in [-0.2, 0) is 0 Å². The molecule has 2 aromatic rings. The lowest BCUT2D eigenvalue weighted by molar-refractivity contribution is 0.0958. The van der Waals surface area contributed by atoms with Gasteiger partial charge in [-0.15, -0.1) is 0 Å². The molecule has 0 radical (unpaired) electrons. The SMILES string of the molecule is CNC(=O)c1cc(NC(C)c2ccccc2N)ccn1. The van der Waals surface area contributed by atoms with Crippen molar-refractivity contribution in [3.05, 3.63) is 53.9 Å². The van der Waals surface area contributed by atoms with Crippen molar-refractivity contribution in [1.29, 1.82) is 0 Å². The maximum Gasteiger partial charge on any atom is 0.269 e. The van der Waals surface area contributed by atoms with Crippen LogP contribution in [0, 0.1) is 0 Å². The molecule has 1 unspecified atom stereocenters. The second kappa shape index (κ2) is 6.06. The van der Waals surface area contributed by atoms with Crippen LogP contribution >= 0.6 is 0 Å². The Balaban J connectivity index is 2.18. The van der Waals surface area contributed by atoms with Crippen molar-refractivity contribution < 1.29 is 4.79 Å². The van der Waals surface area contributed by atoms with Crippen molar-refractivity contribution in [2.45, 2.75) is 13.0 Å². The van der Waals surface area contributed by atoms with E-state index in [0.29, 0.717) is 5.69 Å². The molecule has 1 aromatic carbocycles. The fraction of sp³-hybridized carbons (Fsp3) is 0.200. The summed E-state index contributed by atoms with van der Waals surface area (Å²) in [6, 6.07) is 11.3. The third-order valence-electron chi connectivity index (χ3n) is 3.07. The van der Waals surface area contributed by atoms with Gasteiger partial charge in [-0.05, 0) is 30.7 Å². The highest BCUT2D eigenvalue weighted by atomic mass is 16.1. The number of aromatic nitrogens is 1. The van der Waals surface area contributed by atoms with E-state index in [-0.39, 0.29) is 11.9 Å². The summed E-state index contributed by atoms with van der Waals surface area (Å²) in [7, 11) is 1.58. The summed E-state index contributed by atoms with van der Waals surface area (Å²) in [5, 5.41) is 5.87. The molecule has 104 valence electrons. The predicted octanol–water partition coefficient (Wildman–Crippen LogP) is 2.20. The number of anilines is 2. The molecule has 0 fully saturated rings. The zero-order valence-electron chi connectivity index (χ0n) is 11.6. The molecule has 1 heterocycles. The van der Waals surface area contributed by atoms with E-state index in [0.717, 1.165) is 16.9 Å². The number of amides is 1. The Hall–Kier alpha value is -2.56. The third kappa shape index (κ3) is 3.06. The number of para-hydroxylation sites is 1. The lowest BCUT2D eigenvalue weighted by atomic mass is 10.1. The molecule has 0 spiro atoms. The van der Waals surface area contributed by atoms with Gasteiger partial charge in [0.05, 0.1) is 6.04 Å². The number of pyridine rings is 1. The average Bonchev–Trinajstić information content (AvgIpc) is 2.47. The highest BCUT2D eigenvalue weighted by Gasteiger charge is 2.10. The normalized spacial score (nSPS) is 11.7. The molecular formula is C15H18N4O. The van der Waals surface area contributed by atoms with Crippen LogP contribution in [0.25, 0.3) is 0 Å². The van der Waals surface area contributed by atoms with E-state index >= 15 is 0 Å². The van der Waals surface area contributed by atoms with Crippen molar-refractivity contribution in [2.24, 2.45) is 0 Å². The molecule has 20 heavy (non-hydrogen) atoms. The Morgan fingerprint density at radius 2 is 2.05 bits per heavy atom. The van der Waals surface area contributed by atoms with Gasteiger partial charge < -0.3 is 16.4 Å². The first kappa shape index (κ1) is 13.9. The zero-order chi connectivity index (χ0) is 14.5. The minimum absolute atomic E-state index is 0.0381. The fourth-order valence-corrected chi connectivity index (χ4v) is 2.01. The minimum atomic E-state index is -0.208. The van der Waals surface area contributed by atoms with E-state index in [1.54, 1.807) is 19.3 Å². The van der Waals surface area contributed by atoms with Gasteiger partial charge >= 0.3 is 0 Å². The quantitative estimate of drug-likeness (QED) is 0.744.